The monoisotopic (exact) mass is 360 g/mol. The van der Waals surface area contributed by atoms with E-state index in [4.69, 9.17) is 0 Å². The summed E-state index contributed by atoms with van der Waals surface area (Å²) >= 11 is 0. The van der Waals surface area contributed by atoms with Gasteiger partial charge in [0.15, 0.2) is 0 Å². The van der Waals surface area contributed by atoms with Crippen LogP contribution >= 0.6 is 0 Å². The molecule has 1 unspecified atom stereocenters. The summed E-state index contributed by atoms with van der Waals surface area (Å²) in [6, 6.07) is 11.1. The highest BCUT2D eigenvalue weighted by molar-refractivity contribution is 7.89. The lowest BCUT2D eigenvalue weighted by molar-refractivity contribution is 0.182. The number of hydrogen-bond donors (Lipinski definition) is 2. The first kappa shape index (κ1) is 17.9. The molecule has 0 radical (unpaired) electrons. The highest BCUT2D eigenvalue weighted by Gasteiger charge is 2.21. The second-order valence-corrected chi connectivity index (χ2v) is 8.43. The van der Waals surface area contributed by atoms with Crippen molar-refractivity contribution in [2.75, 3.05) is 25.0 Å². The summed E-state index contributed by atoms with van der Waals surface area (Å²) < 4.78 is 27.6. The van der Waals surface area contributed by atoms with E-state index in [0.717, 1.165) is 24.1 Å². The molecule has 0 amide bonds. The van der Waals surface area contributed by atoms with E-state index in [1.807, 2.05) is 38.2 Å². The minimum atomic E-state index is -3.66. The number of aliphatic hydroxyl groups excluding tert-OH is 1. The van der Waals surface area contributed by atoms with Gasteiger partial charge in [-0.15, -0.1) is 0 Å². The molecule has 0 aliphatic carbocycles. The quantitative estimate of drug-likeness (QED) is 0.858. The fourth-order valence-corrected chi connectivity index (χ4v) is 4.54. The number of likely N-dealkylation sites (N-methyl/N-ethyl adjacent to an activating group) is 1. The van der Waals surface area contributed by atoms with Crippen molar-refractivity contribution in [3.8, 4) is 0 Å². The molecule has 1 aliphatic rings. The molecule has 0 saturated heterocycles. The molecule has 3 rings (SSSR count). The van der Waals surface area contributed by atoms with Gasteiger partial charge in [0.05, 0.1) is 11.0 Å². The minimum Gasteiger partial charge on any atom is -0.387 e. The molecule has 0 saturated carbocycles. The van der Waals surface area contributed by atoms with E-state index in [2.05, 4.69) is 9.62 Å². The minimum absolute atomic E-state index is 0.0512. The first-order chi connectivity index (χ1) is 11.8. The Bertz CT molecular complexity index is 894. The van der Waals surface area contributed by atoms with Crippen molar-refractivity contribution >= 4 is 15.7 Å². The van der Waals surface area contributed by atoms with E-state index in [1.165, 1.54) is 11.3 Å². The molecule has 5 nitrogen and oxygen atoms in total. The lowest BCUT2D eigenvalue weighted by atomic mass is 10.0. The number of sulfonamides is 1. The largest absolute Gasteiger partial charge is 0.387 e. The SMILES string of the molecule is Cc1ccc(C)c(S(=O)(=O)NCC(O)c2ccc3c(c2)CCN3C)c1. The second-order valence-electron chi connectivity index (χ2n) is 6.70. The predicted octanol–water partition coefficient (Wildman–Crippen LogP) is 2.31. The molecular formula is C19H24N2O3S. The molecule has 6 heteroatoms. The number of anilines is 1. The van der Waals surface area contributed by atoms with E-state index in [9.17, 15) is 13.5 Å². The number of aryl methyl sites for hydroxylation is 2. The van der Waals surface area contributed by atoms with Crippen molar-refractivity contribution < 1.29 is 13.5 Å². The van der Waals surface area contributed by atoms with Crippen LogP contribution in [0.25, 0.3) is 0 Å². The zero-order valence-corrected chi connectivity index (χ0v) is 15.6. The molecule has 2 N–H and O–H groups in total. The Hall–Kier alpha value is -1.89. The van der Waals surface area contributed by atoms with E-state index < -0.39 is 16.1 Å². The van der Waals surface area contributed by atoms with Crippen LogP contribution in [0.4, 0.5) is 5.69 Å². The van der Waals surface area contributed by atoms with Gasteiger partial charge < -0.3 is 10.0 Å². The molecule has 0 aromatic heterocycles. The van der Waals surface area contributed by atoms with Gasteiger partial charge in [-0.25, -0.2) is 13.1 Å². The smallest absolute Gasteiger partial charge is 0.240 e. The molecule has 134 valence electrons. The third-order valence-electron chi connectivity index (χ3n) is 4.72. The number of fused-ring (bicyclic) bond motifs is 1. The van der Waals surface area contributed by atoms with Gasteiger partial charge in [0.2, 0.25) is 10.0 Å². The van der Waals surface area contributed by atoms with Gasteiger partial charge in [-0.3, -0.25) is 0 Å². The van der Waals surface area contributed by atoms with Crippen molar-refractivity contribution in [1.82, 2.24) is 4.72 Å². The summed E-state index contributed by atoms with van der Waals surface area (Å²) in [5.74, 6) is 0. The molecule has 2 aromatic carbocycles. The van der Waals surface area contributed by atoms with Crippen molar-refractivity contribution in [2.45, 2.75) is 31.3 Å². The Morgan fingerprint density at radius 3 is 2.72 bits per heavy atom. The Kier molecular flexibility index (Phi) is 4.86. The van der Waals surface area contributed by atoms with Gasteiger partial charge in [-0.1, -0.05) is 24.3 Å². The van der Waals surface area contributed by atoms with E-state index >= 15 is 0 Å². The molecule has 0 bridgehead atoms. The van der Waals surface area contributed by atoms with E-state index in [0.29, 0.717) is 5.56 Å². The third-order valence-corrected chi connectivity index (χ3v) is 6.28. The van der Waals surface area contributed by atoms with Crippen LogP contribution in [0.2, 0.25) is 0 Å². The highest BCUT2D eigenvalue weighted by atomic mass is 32.2. The lowest BCUT2D eigenvalue weighted by Gasteiger charge is -2.16. The van der Waals surface area contributed by atoms with E-state index in [1.54, 1.807) is 19.1 Å². The average Bonchev–Trinajstić information content (AvgIpc) is 2.95. The van der Waals surface area contributed by atoms with Gasteiger partial charge in [0.1, 0.15) is 0 Å². The molecule has 25 heavy (non-hydrogen) atoms. The van der Waals surface area contributed by atoms with Crippen LogP contribution in [-0.2, 0) is 16.4 Å². The predicted molar refractivity (Wildman–Crippen MR) is 99.5 cm³/mol. The maximum atomic E-state index is 12.5. The number of aliphatic hydroxyl groups is 1. The summed E-state index contributed by atoms with van der Waals surface area (Å²) in [5, 5.41) is 10.4. The molecule has 2 aromatic rings. The zero-order chi connectivity index (χ0) is 18.2. The van der Waals surface area contributed by atoms with Crippen molar-refractivity contribution in [3.05, 3.63) is 58.7 Å². The van der Waals surface area contributed by atoms with Crippen LogP contribution in [0, 0.1) is 13.8 Å². The van der Waals surface area contributed by atoms with Gasteiger partial charge in [-0.05, 0) is 54.7 Å². The molecule has 1 heterocycles. The highest BCUT2D eigenvalue weighted by Crippen LogP contribution is 2.29. The Labute approximate surface area is 149 Å². The summed E-state index contributed by atoms with van der Waals surface area (Å²) in [6.07, 6.45) is 0.0664. The van der Waals surface area contributed by atoms with Crippen LogP contribution < -0.4 is 9.62 Å². The number of nitrogens with zero attached hydrogens (tertiary/aromatic N) is 1. The van der Waals surface area contributed by atoms with Crippen molar-refractivity contribution in [1.29, 1.82) is 0 Å². The second kappa shape index (κ2) is 6.78. The van der Waals surface area contributed by atoms with Gasteiger partial charge in [0, 0.05) is 25.8 Å². The van der Waals surface area contributed by atoms with Crippen LogP contribution in [0.3, 0.4) is 0 Å². The molecule has 1 aliphatic heterocycles. The number of hydrogen-bond acceptors (Lipinski definition) is 4. The topological polar surface area (TPSA) is 69.6 Å². The van der Waals surface area contributed by atoms with Crippen LogP contribution in [-0.4, -0.2) is 33.7 Å². The summed E-state index contributed by atoms with van der Waals surface area (Å²) in [7, 11) is -1.61. The molecule has 1 atom stereocenters. The molecule has 0 fully saturated rings. The zero-order valence-electron chi connectivity index (χ0n) is 14.8. The van der Waals surface area contributed by atoms with Crippen LogP contribution in [0.1, 0.15) is 28.4 Å². The first-order valence-electron chi connectivity index (χ1n) is 8.37. The lowest BCUT2D eigenvalue weighted by Crippen LogP contribution is -2.29. The Morgan fingerprint density at radius 2 is 1.96 bits per heavy atom. The standard InChI is InChI=1S/C19H24N2O3S/c1-13-4-5-14(2)19(10-13)25(23,24)20-12-18(22)16-6-7-17-15(11-16)8-9-21(17)3/h4-7,10-11,18,20,22H,8-9,12H2,1-3H3. The van der Waals surface area contributed by atoms with Crippen molar-refractivity contribution in [3.63, 3.8) is 0 Å². The number of nitrogens with one attached hydrogen (secondary N) is 1. The van der Waals surface area contributed by atoms with E-state index in [-0.39, 0.29) is 11.4 Å². The summed E-state index contributed by atoms with van der Waals surface area (Å²) in [5.41, 5.74) is 4.67. The maximum absolute atomic E-state index is 12.5. The maximum Gasteiger partial charge on any atom is 0.240 e. The third kappa shape index (κ3) is 3.71. The fourth-order valence-electron chi connectivity index (χ4n) is 3.18. The van der Waals surface area contributed by atoms with Gasteiger partial charge >= 0.3 is 0 Å². The summed E-state index contributed by atoms with van der Waals surface area (Å²) in [4.78, 5) is 2.43. The van der Waals surface area contributed by atoms with Gasteiger partial charge in [-0.2, -0.15) is 0 Å². The average molecular weight is 360 g/mol. The first-order valence-corrected chi connectivity index (χ1v) is 9.85. The molecular weight excluding hydrogens is 336 g/mol. The normalized spacial score (nSPS) is 15.3. The van der Waals surface area contributed by atoms with Crippen LogP contribution in [0.5, 0.6) is 0 Å². The fraction of sp³-hybridized carbons (Fsp3) is 0.368. The molecule has 0 spiro atoms. The Balaban J connectivity index is 1.74. The van der Waals surface area contributed by atoms with Crippen LogP contribution in [0.15, 0.2) is 41.3 Å². The number of rotatable bonds is 5. The summed E-state index contributed by atoms with van der Waals surface area (Å²) in [6.45, 7) is 4.54. The number of benzene rings is 2. The van der Waals surface area contributed by atoms with Gasteiger partial charge in [0.25, 0.3) is 0 Å². The Morgan fingerprint density at radius 1 is 1.20 bits per heavy atom. The van der Waals surface area contributed by atoms with Crippen molar-refractivity contribution in [2.24, 2.45) is 0 Å².